The van der Waals surface area contributed by atoms with Gasteiger partial charge in [0.1, 0.15) is 0 Å². The van der Waals surface area contributed by atoms with Crippen molar-refractivity contribution in [2.24, 2.45) is 0 Å². The van der Waals surface area contributed by atoms with Crippen LogP contribution in [0.1, 0.15) is 2.85 Å². The molecule has 0 N–H and O–H groups in total. The van der Waals surface area contributed by atoms with Crippen LogP contribution >= 0.6 is 0 Å². The van der Waals surface area contributed by atoms with Crippen LogP contribution in [0.3, 0.4) is 0 Å². The van der Waals surface area contributed by atoms with Crippen molar-refractivity contribution >= 4 is 29.3 Å². The summed E-state index contributed by atoms with van der Waals surface area (Å²) in [6.07, 6.45) is 0.500. The van der Waals surface area contributed by atoms with Crippen LogP contribution in [0.25, 0.3) is 0 Å². The molecule has 0 aliphatic rings. The Morgan fingerprint density at radius 3 is 1.57 bits per heavy atom. The zero-order chi connectivity index (χ0) is 2.71. The minimum atomic E-state index is 0. The second-order valence-electron chi connectivity index (χ2n) is 0.167. The van der Waals surface area contributed by atoms with E-state index in [-0.39, 0.29) is 99.7 Å². The Balaban J connectivity index is -0.00000000133. The van der Waals surface area contributed by atoms with Crippen molar-refractivity contribution in [1.29, 1.82) is 0 Å². The summed E-state index contributed by atoms with van der Waals surface area (Å²) in [6, 6.07) is 0. The predicted molar refractivity (Wildman–Crippen MR) is 19.4 cm³/mol. The first-order chi connectivity index (χ1) is 1.41. The Labute approximate surface area is 116 Å². The molecule has 0 atom stereocenters. The molecule has 1 nitrogen and oxygen atoms in total. The predicted octanol–water partition coefficient (Wildman–Crippen LogP) is -0.144. The summed E-state index contributed by atoms with van der Waals surface area (Å²) in [5, 5.41) is 0. The van der Waals surface area contributed by atoms with Crippen LogP contribution in [-0.4, -0.2) is 29.3 Å². The van der Waals surface area contributed by atoms with Gasteiger partial charge < -0.3 is 14.6 Å². The van der Waals surface area contributed by atoms with E-state index in [2.05, 4.69) is 6.92 Å². The average molecular weight is 387 g/mol. The van der Waals surface area contributed by atoms with E-state index < -0.39 is 0 Å². The number of aldehydes is 1. The van der Waals surface area contributed by atoms with E-state index >= 15 is 0 Å². The van der Waals surface area contributed by atoms with Gasteiger partial charge in [-0.1, -0.05) is 0 Å². The van der Waals surface area contributed by atoms with Crippen molar-refractivity contribution in [3.63, 3.8) is 0 Å². The van der Waals surface area contributed by atoms with Gasteiger partial charge in [-0.2, -0.15) is 0 Å². The summed E-state index contributed by atoms with van der Waals surface area (Å²) in [6.45, 7) is 2.81. The molecule has 0 radical (unpaired) electrons. The maximum absolute atomic E-state index is 8.69. The first-order valence-corrected chi connectivity index (χ1v) is 0.644. The molecule has 0 saturated heterocycles. The number of carbonyl (C=O) groups is 1. The standard InChI is InChI=1S/C2H3O.Hf.Mg.Ti.Zr.2H/c1-2-3;;;;;;/h2H,1H2;;;;;;/q-1;;+2;;;2*-1. The normalized spacial score (nSPS) is 1.71. The van der Waals surface area contributed by atoms with Gasteiger partial charge in [0.05, 0.1) is 0 Å². The summed E-state index contributed by atoms with van der Waals surface area (Å²) >= 11 is 0. The van der Waals surface area contributed by atoms with Gasteiger partial charge in [0.15, 0.2) is 0 Å². The number of carbonyl (C=O) groups excluding carboxylic acids is 1. The fourth-order valence-corrected chi connectivity index (χ4v) is 0. The Bertz CT molecular complexity index is 32.0. The molecule has 5 heteroatoms. The third-order valence-corrected chi connectivity index (χ3v) is 0. The fraction of sp³-hybridized carbons (Fsp3) is 0. The molecule has 0 spiro atoms. The third kappa shape index (κ3) is 52.3. The molecule has 0 fully saturated rings. The molecule has 0 aliphatic heterocycles. The van der Waals surface area contributed by atoms with Crippen molar-refractivity contribution in [1.82, 2.24) is 0 Å². The van der Waals surface area contributed by atoms with Gasteiger partial charge in [-0.15, -0.1) is 0 Å². The fourth-order valence-electron chi connectivity index (χ4n) is 0. The van der Waals surface area contributed by atoms with E-state index in [9.17, 15) is 0 Å². The molecule has 0 bridgehead atoms. The van der Waals surface area contributed by atoms with Gasteiger partial charge in [-0.25, -0.2) is 0 Å². The Hall–Kier alpha value is 2.77. The van der Waals surface area contributed by atoms with Crippen LogP contribution in [0.15, 0.2) is 0 Å². The molecule has 0 heterocycles. The number of rotatable bonds is 0. The molecular weight excluding hydrogens is 382 g/mol. The van der Waals surface area contributed by atoms with E-state index in [4.69, 9.17) is 4.79 Å². The van der Waals surface area contributed by atoms with Gasteiger partial charge in [0.25, 0.3) is 0 Å². The summed E-state index contributed by atoms with van der Waals surface area (Å²) in [5.74, 6) is 0. The molecule has 0 aliphatic carbocycles. The topological polar surface area (TPSA) is 17.1 Å². The Kier molecular flexibility index (Phi) is 176. The van der Waals surface area contributed by atoms with E-state index in [1.807, 2.05) is 0 Å². The Morgan fingerprint density at radius 2 is 1.57 bits per heavy atom. The van der Waals surface area contributed by atoms with Crippen molar-refractivity contribution < 1.29 is 81.4 Å². The molecule has 0 aromatic heterocycles. The second kappa shape index (κ2) is 37.2. The maximum Gasteiger partial charge on any atom is 2.00 e. The zero-order valence-electron chi connectivity index (χ0n) is 5.90. The zero-order valence-corrected chi connectivity index (χ0v) is 12.9. The van der Waals surface area contributed by atoms with Crippen LogP contribution < -0.4 is 0 Å². The summed E-state index contributed by atoms with van der Waals surface area (Å²) in [4.78, 5) is 8.69. The number of hydrogen-bond acceptors (Lipinski definition) is 1. The van der Waals surface area contributed by atoms with Crippen LogP contribution in [-0.2, 0) is 78.6 Å². The van der Waals surface area contributed by atoms with Crippen molar-refractivity contribution in [2.75, 3.05) is 0 Å². The molecule has 0 aromatic rings. The van der Waals surface area contributed by atoms with Gasteiger partial charge in [0, 0.05) is 73.8 Å². The molecule has 0 saturated carbocycles. The molecule has 7 heavy (non-hydrogen) atoms. The maximum atomic E-state index is 8.69. The minimum absolute atomic E-state index is 0. The van der Waals surface area contributed by atoms with E-state index in [1.54, 1.807) is 0 Å². The average Bonchev–Trinajstić information content (AvgIpc) is 0.918. The van der Waals surface area contributed by atoms with Gasteiger partial charge in [-0.3, -0.25) is 0 Å². The monoisotopic (exact) mass is 387 g/mol. The Morgan fingerprint density at radius 1 is 1.57 bits per heavy atom. The van der Waals surface area contributed by atoms with Gasteiger partial charge in [0.2, 0.25) is 0 Å². The van der Waals surface area contributed by atoms with Crippen LogP contribution in [0, 0.1) is 6.92 Å². The quantitative estimate of drug-likeness (QED) is 0.322. The molecule has 0 rings (SSSR count). The molecule has 0 unspecified atom stereocenters. The van der Waals surface area contributed by atoms with Crippen LogP contribution in [0.4, 0.5) is 0 Å². The summed E-state index contributed by atoms with van der Waals surface area (Å²) < 4.78 is 0. The summed E-state index contributed by atoms with van der Waals surface area (Å²) in [7, 11) is 0. The number of hydrogen-bond donors (Lipinski definition) is 0. The van der Waals surface area contributed by atoms with Crippen molar-refractivity contribution in [3.8, 4) is 0 Å². The van der Waals surface area contributed by atoms with Gasteiger partial charge in [-0.05, 0) is 6.29 Å². The first kappa shape index (κ1) is 33.0. The van der Waals surface area contributed by atoms with E-state index in [0.717, 1.165) is 0 Å². The van der Waals surface area contributed by atoms with E-state index in [1.165, 1.54) is 0 Å². The smallest absolute Gasteiger partial charge is 1.00 e. The van der Waals surface area contributed by atoms with Crippen LogP contribution in [0.2, 0.25) is 0 Å². The second-order valence-corrected chi connectivity index (χ2v) is 0.167. The molecule has 0 amide bonds. The van der Waals surface area contributed by atoms with E-state index in [0.29, 0.717) is 6.29 Å². The van der Waals surface area contributed by atoms with Crippen LogP contribution in [0.5, 0.6) is 0 Å². The molecule has 0 aromatic carbocycles. The molecular formula is C2H5HfMgOTiZr-. The third-order valence-electron chi connectivity index (χ3n) is 0. The largest absolute Gasteiger partial charge is 2.00 e. The van der Waals surface area contributed by atoms with Gasteiger partial charge >= 0.3 is 23.1 Å². The van der Waals surface area contributed by atoms with Crippen molar-refractivity contribution in [3.05, 3.63) is 6.92 Å². The summed E-state index contributed by atoms with van der Waals surface area (Å²) in [5.41, 5.74) is 0. The minimum Gasteiger partial charge on any atom is -1.00 e. The van der Waals surface area contributed by atoms with Crippen molar-refractivity contribution in [2.45, 2.75) is 0 Å². The SMILES string of the molecule is [CH2-]C=O.[H-].[H-].[Hf].[Mg+2].[Ti].[Zr]. The molecule has 34 valence electrons. The first-order valence-electron chi connectivity index (χ1n) is 0.644.